The maximum absolute atomic E-state index is 13.6. The van der Waals surface area contributed by atoms with Crippen LogP contribution in [0.4, 0.5) is 17.6 Å². The molecule has 1 saturated heterocycles. The number of carbonyl (C=O) groups is 1. The molecular weight excluding hydrogens is 396 g/mol. The van der Waals surface area contributed by atoms with E-state index in [0.717, 1.165) is 50.0 Å². The third kappa shape index (κ3) is 6.55. The fraction of sp³-hybridized carbons (Fsp3) is 0.435. The molecule has 0 unspecified atom stereocenters. The normalized spacial score (nSPS) is 17.7. The highest BCUT2D eigenvalue weighted by Crippen LogP contribution is 2.29. The maximum atomic E-state index is 13.6. The Balaban J connectivity index is 1.42. The van der Waals surface area contributed by atoms with Crippen LogP contribution in [0.3, 0.4) is 0 Å². The molecule has 0 aliphatic carbocycles. The summed E-state index contributed by atoms with van der Waals surface area (Å²) < 4.78 is 51.7. The summed E-state index contributed by atoms with van der Waals surface area (Å²) in [5.41, 5.74) is 0.682. The lowest BCUT2D eigenvalue weighted by Crippen LogP contribution is -2.35. The quantitative estimate of drug-likeness (QED) is 0.626. The Morgan fingerprint density at radius 2 is 1.83 bits per heavy atom. The smallest absolute Gasteiger partial charge is 0.352 e. The van der Waals surface area contributed by atoms with Crippen molar-refractivity contribution in [2.45, 2.75) is 44.9 Å². The highest BCUT2D eigenvalue weighted by molar-refractivity contribution is 5.75. The predicted molar refractivity (Wildman–Crippen MR) is 107 cm³/mol. The van der Waals surface area contributed by atoms with Crippen LogP contribution in [0.2, 0.25) is 0 Å². The van der Waals surface area contributed by atoms with Crippen molar-refractivity contribution in [3.05, 3.63) is 71.0 Å². The summed E-state index contributed by atoms with van der Waals surface area (Å²) in [5, 5.41) is 2.76. The molecule has 0 bridgehead atoms. The van der Waals surface area contributed by atoms with Crippen LogP contribution in [0.25, 0.3) is 0 Å². The van der Waals surface area contributed by atoms with E-state index in [0.29, 0.717) is 24.4 Å². The van der Waals surface area contributed by atoms with E-state index in [2.05, 4.69) is 10.2 Å². The summed E-state index contributed by atoms with van der Waals surface area (Å²) in [5.74, 6) is -0.0606. The molecule has 0 saturated carbocycles. The number of nitrogens with zero attached hydrogens (tertiary/aromatic N) is 1. The van der Waals surface area contributed by atoms with Gasteiger partial charge >= 0.3 is 6.18 Å². The Kier molecular flexibility index (Phi) is 7.48. The molecule has 2 aromatic rings. The second kappa shape index (κ2) is 10.1. The summed E-state index contributed by atoms with van der Waals surface area (Å²) in [6.45, 7) is 2.50. The van der Waals surface area contributed by atoms with E-state index >= 15 is 0 Å². The van der Waals surface area contributed by atoms with Crippen molar-refractivity contribution in [1.29, 1.82) is 0 Å². The Morgan fingerprint density at radius 1 is 1.10 bits per heavy atom. The summed E-state index contributed by atoms with van der Waals surface area (Å²) in [4.78, 5) is 14.3. The van der Waals surface area contributed by atoms with Crippen molar-refractivity contribution in [3.63, 3.8) is 0 Å². The molecule has 1 heterocycles. The number of likely N-dealkylation sites (tertiary alicyclic amines) is 1. The van der Waals surface area contributed by atoms with E-state index in [-0.39, 0.29) is 18.3 Å². The second-order valence-corrected chi connectivity index (χ2v) is 7.84. The lowest BCUT2D eigenvalue weighted by atomic mass is 9.93. The second-order valence-electron chi connectivity index (χ2n) is 7.84. The largest absolute Gasteiger partial charge is 0.416 e. The highest BCUT2D eigenvalue weighted by Gasteiger charge is 2.30. The van der Waals surface area contributed by atoms with Crippen LogP contribution < -0.4 is 5.32 Å². The van der Waals surface area contributed by atoms with Gasteiger partial charge in [0, 0.05) is 31.6 Å². The number of carbonyl (C=O) groups excluding carboxylic acids is 1. The summed E-state index contributed by atoms with van der Waals surface area (Å²) in [6.07, 6.45) is -1.16. The fourth-order valence-corrected chi connectivity index (χ4v) is 3.85. The van der Waals surface area contributed by atoms with Crippen molar-refractivity contribution < 1.29 is 22.4 Å². The topological polar surface area (TPSA) is 32.3 Å². The molecule has 30 heavy (non-hydrogen) atoms. The standard InChI is InChI=1S/C23H26F4N2O/c24-21-6-2-1-5-19(21)14-28-22(30)12-9-17-4-3-13-29(15-17)16-18-7-10-20(11-8-18)23(25,26)27/h1-2,5-8,10-11,17H,3-4,9,12-16H2,(H,28,30)/t17-/m1/s1. The first-order valence-electron chi connectivity index (χ1n) is 10.2. The Labute approximate surface area is 174 Å². The van der Waals surface area contributed by atoms with Crippen molar-refractivity contribution in [3.8, 4) is 0 Å². The third-order valence-corrected chi connectivity index (χ3v) is 5.50. The minimum Gasteiger partial charge on any atom is -0.352 e. The molecule has 162 valence electrons. The molecule has 1 N–H and O–H groups in total. The van der Waals surface area contributed by atoms with Gasteiger partial charge in [-0.3, -0.25) is 9.69 Å². The van der Waals surface area contributed by atoms with Crippen molar-refractivity contribution in [2.75, 3.05) is 13.1 Å². The van der Waals surface area contributed by atoms with E-state index in [9.17, 15) is 22.4 Å². The zero-order valence-corrected chi connectivity index (χ0v) is 16.7. The number of halogens is 4. The van der Waals surface area contributed by atoms with Gasteiger partial charge < -0.3 is 5.32 Å². The number of rotatable bonds is 7. The Morgan fingerprint density at radius 3 is 2.53 bits per heavy atom. The van der Waals surface area contributed by atoms with Gasteiger partial charge in [0.05, 0.1) is 5.56 Å². The number of alkyl halides is 3. The first-order chi connectivity index (χ1) is 14.3. The average Bonchev–Trinajstić information content (AvgIpc) is 2.72. The van der Waals surface area contributed by atoms with Gasteiger partial charge in [-0.15, -0.1) is 0 Å². The van der Waals surface area contributed by atoms with Gasteiger partial charge in [0.15, 0.2) is 0 Å². The van der Waals surface area contributed by atoms with Crippen LogP contribution in [-0.2, 0) is 24.1 Å². The van der Waals surface area contributed by atoms with E-state index in [1.165, 1.54) is 18.2 Å². The first kappa shape index (κ1) is 22.3. The Hall–Kier alpha value is -2.41. The van der Waals surface area contributed by atoms with Crippen LogP contribution >= 0.6 is 0 Å². The van der Waals surface area contributed by atoms with E-state index < -0.39 is 11.7 Å². The average molecular weight is 422 g/mol. The molecule has 1 aliphatic heterocycles. The highest BCUT2D eigenvalue weighted by atomic mass is 19.4. The van der Waals surface area contributed by atoms with E-state index in [4.69, 9.17) is 0 Å². The lowest BCUT2D eigenvalue weighted by Gasteiger charge is -2.32. The van der Waals surface area contributed by atoms with Crippen molar-refractivity contribution in [2.24, 2.45) is 5.92 Å². The first-order valence-corrected chi connectivity index (χ1v) is 10.2. The molecule has 2 aromatic carbocycles. The minimum absolute atomic E-state index is 0.0990. The molecule has 1 fully saturated rings. The monoisotopic (exact) mass is 422 g/mol. The minimum atomic E-state index is -4.32. The molecular formula is C23H26F4N2O. The van der Waals surface area contributed by atoms with Gasteiger partial charge in [-0.1, -0.05) is 30.3 Å². The van der Waals surface area contributed by atoms with Gasteiger partial charge in [-0.2, -0.15) is 13.2 Å². The van der Waals surface area contributed by atoms with Gasteiger partial charge in [-0.25, -0.2) is 4.39 Å². The zero-order valence-electron chi connectivity index (χ0n) is 16.7. The molecule has 0 spiro atoms. The van der Waals surface area contributed by atoms with Crippen LogP contribution in [-0.4, -0.2) is 23.9 Å². The number of amides is 1. The van der Waals surface area contributed by atoms with E-state index in [1.807, 2.05) is 0 Å². The number of hydrogen-bond donors (Lipinski definition) is 1. The SMILES string of the molecule is O=C(CC[C@H]1CCCN(Cc2ccc(C(F)(F)F)cc2)C1)NCc1ccccc1F. The summed E-state index contributed by atoms with van der Waals surface area (Å²) in [7, 11) is 0. The molecule has 3 nitrogen and oxygen atoms in total. The van der Waals surface area contributed by atoms with E-state index in [1.54, 1.807) is 18.2 Å². The molecule has 7 heteroatoms. The fourth-order valence-electron chi connectivity index (χ4n) is 3.85. The summed E-state index contributed by atoms with van der Waals surface area (Å²) in [6, 6.07) is 11.7. The van der Waals surface area contributed by atoms with Gasteiger partial charge in [0.1, 0.15) is 5.82 Å². The Bertz CT molecular complexity index is 836. The van der Waals surface area contributed by atoms with Gasteiger partial charge in [0.25, 0.3) is 0 Å². The summed E-state index contributed by atoms with van der Waals surface area (Å²) >= 11 is 0. The number of nitrogens with one attached hydrogen (secondary N) is 1. The third-order valence-electron chi connectivity index (χ3n) is 5.50. The molecule has 0 aromatic heterocycles. The maximum Gasteiger partial charge on any atom is 0.416 e. The zero-order chi connectivity index (χ0) is 21.6. The van der Waals surface area contributed by atoms with Crippen molar-refractivity contribution >= 4 is 5.91 Å². The van der Waals surface area contributed by atoms with Crippen LogP contribution in [0.15, 0.2) is 48.5 Å². The molecule has 0 radical (unpaired) electrons. The van der Waals surface area contributed by atoms with Crippen LogP contribution in [0.1, 0.15) is 42.4 Å². The molecule has 1 atom stereocenters. The van der Waals surface area contributed by atoms with Crippen molar-refractivity contribution in [1.82, 2.24) is 10.2 Å². The predicted octanol–water partition coefficient (Wildman–Crippen LogP) is 5.15. The van der Waals surface area contributed by atoms with Gasteiger partial charge in [0.2, 0.25) is 5.91 Å². The number of hydrogen-bond acceptors (Lipinski definition) is 2. The number of piperidine rings is 1. The van der Waals surface area contributed by atoms with Crippen LogP contribution in [0, 0.1) is 11.7 Å². The molecule has 1 aliphatic rings. The molecule has 1 amide bonds. The number of benzene rings is 2. The van der Waals surface area contributed by atoms with Gasteiger partial charge in [-0.05, 0) is 55.5 Å². The molecule has 3 rings (SSSR count). The lowest BCUT2D eigenvalue weighted by molar-refractivity contribution is -0.137. The van der Waals surface area contributed by atoms with Crippen LogP contribution in [0.5, 0.6) is 0 Å².